The van der Waals surface area contributed by atoms with Gasteiger partial charge in [-0.2, -0.15) is 0 Å². The number of nitrogens with one attached hydrogen (secondary N) is 2. The minimum absolute atomic E-state index is 0. The van der Waals surface area contributed by atoms with E-state index in [9.17, 15) is 8.42 Å². The zero-order valence-corrected chi connectivity index (χ0v) is 11.9. The average molecular weight is 309 g/mol. The molecule has 18 heavy (non-hydrogen) atoms. The Balaban J connectivity index is 0.00000120. The summed E-state index contributed by atoms with van der Waals surface area (Å²) in [5.41, 5.74) is 0. The summed E-state index contributed by atoms with van der Waals surface area (Å²) in [4.78, 5) is 0.239. The maximum absolute atomic E-state index is 12.1. The number of hydrogen-bond acceptors (Lipinski definition) is 3. The Morgan fingerprint density at radius 3 is 2.56 bits per heavy atom. The van der Waals surface area contributed by atoms with Crippen molar-refractivity contribution >= 4 is 34.0 Å². The summed E-state index contributed by atoms with van der Waals surface area (Å²) >= 11 is 5.80. The molecule has 2 N–H and O–H groups in total. The predicted molar refractivity (Wildman–Crippen MR) is 72.7 cm³/mol. The normalized spacial score (nSPS) is 29.5. The van der Waals surface area contributed by atoms with Crippen LogP contribution in [0.15, 0.2) is 29.2 Å². The summed E-state index contributed by atoms with van der Waals surface area (Å²) in [6.07, 6.45) is 0. The van der Waals surface area contributed by atoms with Crippen molar-refractivity contribution in [1.29, 1.82) is 0 Å². The first kappa shape index (κ1) is 14.1. The number of fused-ring (bicyclic) bond motifs is 1. The first-order valence-corrected chi connectivity index (χ1v) is 7.43. The largest absolute Gasteiger partial charge is 0.316 e. The fraction of sp³-hybridized carbons (Fsp3) is 0.455. The van der Waals surface area contributed by atoms with Gasteiger partial charge < -0.3 is 5.32 Å². The van der Waals surface area contributed by atoms with E-state index in [1.807, 2.05) is 0 Å². The Labute approximate surface area is 118 Å². The number of halogens is 2. The molecular weight excluding hydrogens is 295 g/mol. The standard InChI is InChI=1S/C11H13ClN2O2S.ClH/c12-7-2-1-3-8(4-7)17(15,16)14-11-9-5-13-6-10(9)11;/h1-4,9-11,13-14H,5-6H2;1H. The monoisotopic (exact) mass is 308 g/mol. The van der Waals surface area contributed by atoms with E-state index < -0.39 is 10.0 Å². The number of piperidine rings is 1. The Morgan fingerprint density at radius 2 is 1.94 bits per heavy atom. The van der Waals surface area contributed by atoms with Crippen LogP contribution in [-0.4, -0.2) is 27.5 Å². The van der Waals surface area contributed by atoms with E-state index in [1.165, 1.54) is 6.07 Å². The summed E-state index contributed by atoms with van der Waals surface area (Å²) in [7, 11) is -3.42. The van der Waals surface area contributed by atoms with Crippen molar-refractivity contribution in [3.8, 4) is 0 Å². The maximum atomic E-state index is 12.1. The molecule has 2 unspecified atom stereocenters. The molecule has 1 saturated carbocycles. The van der Waals surface area contributed by atoms with Crippen LogP contribution in [0.25, 0.3) is 0 Å². The topological polar surface area (TPSA) is 58.2 Å². The van der Waals surface area contributed by atoms with Gasteiger partial charge in [0.25, 0.3) is 0 Å². The highest BCUT2D eigenvalue weighted by Crippen LogP contribution is 2.42. The predicted octanol–water partition coefficient (Wildman–Crippen LogP) is 1.26. The molecule has 2 atom stereocenters. The highest BCUT2D eigenvalue weighted by Gasteiger charge is 2.54. The molecule has 3 rings (SSSR count). The van der Waals surface area contributed by atoms with Crippen LogP contribution in [0, 0.1) is 11.8 Å². The third-order valence-electron chi connectivity index (χ3n) is 3.49. The Hall–Kier alpha value is -0.330. The number of hydrogen-bond donors (Lipinski definition) is 2. The van der Waals surface area contributed by atoms with Crippen molar-refractivity contribution in [3.63, 3.8) is 0 Å². The summed E-state index contributed by atoms with van der Waals surface area (Å²) in [6, 6.07) is 6.44. The lowest BCUT2D eigenvalue weighted by atomic mass is 10.4. The van der Waals surface area contributed by atoms with Crippen molar-refractivity contribution in [1.82, 2.24) is 10.0 Å². The van der Waals surface area contributed by atoms with Gasteiger partial charge in [-0.1, -0.05) is 17.7 Å². The highest BCUT2D eigenvalue weighted by atomic mass is 35.5. The molecule has 1 aromatic rings. The minimum atomic E-state index is -3.42. The molecule has 2 aliphatic rings. The SMILES string of the molecule is Cl.O=S(=O)(NC1C2CNCC21)c1cccc(Cl)c1. The number of rotatable bonds is 3. The van der Waals surface area contributed by atoms with Crippen LogP contribution in [0.4, 0.5) is 0 Å². The summed E-state index contributed by atoms with van der Waals surface area (Å²) in [5.74, 6) is 0.924. The molecule has 7 heteroatoms. The van der Waals surface area contributed by atoms with Gasteiger partial charge in [0.1, 0.15) is 0 Å². The zero-order chi connectivity index (χ0) is 12.0. The maximum Gasteiger partial charge on any atom is 0.240 e. The summed E-state index contributed by atoms with van der Waals surface area (Å²) in [5, 5.41) is 3.67. The van der Waals surface area contributed by atoms with Gasteiger partial charge in [0.05, 0.1) is 4.90 Å². The van der Waals surface area contributed by atoms with Gasteiger partial charge in [0.2, 0.25) is 10.0 Å². The first-order chi connectivity index (χ1) is 8.08. The lowest BCUT2D eigenvalue weighted by Gasteiger charge is -2.08. The molecule has 0 amide bonds. The third-order valence-corrected chi connectivity index (χ3v) is 5.18. The number of benzene rings is 1. The zero-order valence-electron chi connectivity index (χ0n) is 9.47. The second-order valence-corrected chi connectivity index (χ2v) is 6.74. The molecule has 100 valence electrons. The molecule has 0 spiro atoms. The van der Waals surface area contributed by atoms with E-state index in [0.717, 1.165) is 13.1 Å². The first-order valence-electron chi connectivity index (χ1n) is 5.56. The molecule has 0 radical (unpaired) electrons. The van der Waals surface area contributed by atoms with Gasteiger partial charge >= 0.3 is 0 Å². The van der Waals surface area contributed by atoms with Crippen LogP contribution in [0.3, 0.4) is 0 Å². The average Bonchev–Trinajstić information content (AvgIpc) is 2.75. The van der Waals surface area contributed by atoms with Crippen LogP contribution >= 0.6 is 24.0 Å². The van der Waals surface area contributed by atoms with Gasteiger partial charge in [-0.25, -0.2) is 13.1 Å². The van der Waals surface area contributed by atoms with Gasteiger partial charge in [-0.15, -0.1) is 12.4 Å². The van der Waals surface area contributed by atoms with Crippen LogP contribution in [0.1, 0.15) is 0 Å². The van der Waals surface area contributed by atoms with Crippen molar-refractivity contribution in [3.05, 3.63) is 29.3 Å². The van der Waals surface area contributed by atoms with Gasteiger partial charge in [0.15, 0.2) is 0 Å². The van der Waals surface area contributed by atoms with Crippen molar-refractivity contribution in [2.45, 2.75) is 10.9 Å². The Kier molecular flexibility index (Phi) is 3.90. The van der Waals surface area contributed by atoms with Gasteiger partial charge in [0, 0.05) is 11.1 Å². The molecule has 1 aliphatic heterocycles. The van der Waals surface area contributed by atoms with Crippen LogP contribution in [-0.2, 0) is 10.0 Å². The molecular formula is C11H14Cl2N2O2S. The van der Waals surface area contributed by atoms with Crippen molar-refractivity contribution in [2.75, 3.05) is 13.1 Å². The second-order valence-electron chi connectivity index (χ2n) is 4.59. The summed E-state index contributed by atoms with van der Waals surface area (Å²) in [6.45, 7) is 1.82. The molecule has 4 nitrogen and oxygen atoms in total. The van der Waals surface area contributed by atoms with E-state index in [-0.39, 0.29) is 23.3 Å². The third kappa shape index (κ3) is 2.51. The fourth-order valence-electron chi connectivity index (χ4n) is 2.47. The van der Waals surface area contributed by atoms with E-state index in [4.69, 9.17) is 11.6 Å². The smallest absolute Gasteiger partial charge is 0.240 e. The molecule has 2 fully saturated rings. The quantitative estimate of drug-likeness (QED) is 0.884. The number of sulfonamides is 1. The Morgan fingerprint density at radius 1 is 1.28 bits per heavy atom. The van der Waals surface area contributed by atoms with E-state index in [1.54, 1.807) is 18.2 Å². The van der Waals surface area contributed by atoms with Gasteiger partial charge in [-0.05, 0) is 43.1 Å². The van der Waals surface area contributed by atoms with Crippen molar-refractivity contribution < 1.29 is 8.42 Å². The summed E-state index contributed by atoms with van der Waals surface area (Å²) < 4.78 is 26.9. The minimum Gasteiger partial charge on any atom is -0.316 e. The molecule has 1 heterocycles. The van der Waals surface area contributed by atoms with Gasteiger partial charge in [-0.3, -0.25) is 0 Å². The Bertz CT molecular complexity index is 540. The second kappa shape index (κ2) is 4.98. The molecule has 1 aliphatic carbocycles. The van der Waals surface area contributed by atoms with Crippen LogP contribution in [0.5, 0.6) is 0 Å². The highest BCUT2D eigenvalue weighted by molar-refractivity contribution is 7.89. The molecule has 1 saturated heterocycles. The van der Waals surface area contributed by atoms with E-state index in [2.05, 4.69) is 10.0 Å². The van der Waals surface area contributed by atoms with E-state index in [0.29, 0.717) is 16.9 Å². The lowest BCUT2D eigenvalue weighted by Crippen LogP contribution is -2.32. The molecule has 0 aromatic heterocycles. The molecule has 1 aromatic carbocycles. The van der Waals surface area contributed by atoms with Crippen LogP contribution in [0.2, 0.25) is 5.02 Å². The van der Waals surface area contributed by atoms with Crippen molar-refractivity contribution in [2.24, 2.45) is 11.8 Å². The van der Waals surface area contributed by atoms with E-state index >= 15 is 0 Å². The molecule has 0 bridgehead atoms. The van der Waals surface area contributed by atoms with Crippen LogP contribution < -0.4 is 10.0 Å². The lowest BCUT2D eigenvalue weighted by molar-refractivity contribution is 0.565. The fourth-order valence-corrected chi connectivity index (χ4v) is 4.11.